The molecule has 5 heteroatoms. The van der Waals surface area contributed by atoms with Gasteiger partial charge in [-0.25, -0.2) is 9.97 Å². The van der Waals surface area contributed by atoms with E-state index in [4.69, 9.17) is 4.74 Å². The van der Waals surface area contributed by atoms with Crippen molar-refractivity contribution in [2.75, 3.05) is 31.7 Å². The van der Waals surface area contributed by atoms with Gasteiger partial charge in [-0.2, -0.15) is 0 Å². The van der Waals surface area contributed by atoms with Gasteiger partial charge in [0.15, 0.2) is 0 Å². The molecule has 0 atom stereocenters. The summed E-state index contributed by atoms with van der Waals surface area (Å²) >= 11 is 0. The number of ether oxygens (including phenoxy) is 1. The molecular formula is C14H26N4O. The van der Waals surface area contributed by atoms with Crippen LogP contribution in [0.25, 0.3) is 0 Å². The first-order valence-corrected chi connectivity index (χ1v) is 6.96. The molecule has 0 saturated carbocycles. The zero-order valence-corrected chi connectivity index (χ0v) is 12.5. The van der Waals surface area contributed by atoms with Crippen molar-refractivity contribution in [1.82, 2.24) is 15.3 Å². The summed E-state index contributed by atoms with van der Waals surface area (Å²) in [6.45, 7) is 9.76. The van der Waals surface area contributed by atoms with E-state index in [1.165, 1.54) is 0 Å². The fourth-order valence-electron chi connectivity index (χ4n) is 1.78. The van der Waals surface area contributed by atoms with E-state index in [0.717, 1.165) is 37.6 Å². The van der Waals surface area contributed by atoms with Crippen LogP contribution in [0, 0.1) is 0 Å². The largest absolute Gasteiger partial charge is 0.383 e. The molecule has 1 heterocycles. The van der Waals surface area contributed by atoms with Crippen LogP contribution < -0.4 is 10.2 Å². The minimum atomic E-state index is 0.360. The van der Waals surface area contributed by atoms with Gasteiger partial charge in [0.1, 0.15) is 0 Å². The average Bonchev–Trinajstić information content (AvgIpc) is 2.41. The summed E-state index contributed by atoms with van der Waals surface area (Å²) in [6.07, 6.45) is 4.93. The first-order valence-electron chi connectivity index (χ1n) is 6.96. The molecule has 0 bridgehead atoms. The Morgan fingerprint density at radius 2 is 2.00 bits per heavy atom. The third-order valence-corrected chi connectivity index (χ3v) is 2.86. The lowest BCUT2D eigenvalue weighted by Crippen LogP contribution is -2.35. The number of nitrogens with zero attached hydrogens (tertiary/aromatic N) is 3. The summed E-state index contributed by atoms with van der Waals surface area (Å²) in [4.78, 5) is 11.0. The Hall–Kier alpha value is -1.20. The van der Waals surface area contributed by atoms with Gasteiger partial charge in [0.05, 0.1) is 6.61 Å². The molecule has 108 valence electrons. The van der Waals surface area contributed by atoms with Crippen molar-refractivity contribution in [1.29, 1.82) is 0 Å². The van der Waals surface area contributed by atoms with E-state index in [1.54, 1.807) is 7.11 Å². The van der Waals surface area contributed by atoms with Gasteiger partial charge in [-0.3, -0.25) is 0 Å². The Morgan fingerprint density at radius 3 is 2.53 bits per heavy atom. The van der Waals surface area contributed by atoms with Gasteiger partial charge in [-0.05, 0) is 26.8 Å². The molecule has 0 amide bonds. The fourth-order valence-corrected chi connectivity index (χ4v) is 1.78. The molecular weight excluding hydrogens is 240 g/mol. The van der Waals surface area contributed by atoms with E-state index in [2.05, 4.69) is 41.0 Å². The first-order chi connectivity index (χ1) is 9.19. The summed E-state index contributed by atoms with van der Waals surface area (Å²) in [5.41, 5.74) is 1.12. The van der Waals surface area contributed by atoms with Gasteiger partial charge in [-0.15, -0.1) is 0 Å². The minimum Gasteiger partial charge on any atom is -0.383 e. The Bertz CT molecular complexity index is 340. The van der Waals surface area contributed by atoms with E-state index in [-0.39, 0.29) is 0 Å². The summed E-state index contributed by atoms with van der Waals surface area (Å²) < 4.78 is 5.13. The number of methoxy groups -OCH3 is 1. The van der Waals surface area contributed by atoms with Crippen LogP contribution in [0.4, 0.5) is 5.95 Å². The summed E-state index contributed by atoms with van der Waals surface area (Å²) in [6, 6.07) is 0.360. The molecule has 1 N–H and O–H groups in total. The van der Waals surface area contributed by atoms with Gasteiger partial charge in [0.2, 0.25) is 5.95 Å². The lowest BCUT2D eigenvalue weighted by molar-refractivity contribution is 0.203. The quantitative estimate of drug-likeness (QED) is 0.691. The Balaban J connectivity index is 2.61. The molecule has 1 rings (SSSR count). The van der Waals surface area contributed by atoms with Crippen molar-refractivity contribution in [2.45, 2.75) is 39.8 Å². The highest BCUT2D eigenvalue weighted by molar-refractivity contribution is 5.31. The smallest absolute Gasteiger partial charge is 0.225 e. The molecule has 0 saturated heterocycles. The van der Waals surface area contributed by atoms with Gasteiger partial charge >= 0.3 is 0 Å². The van der Waals surface area contributed by atoms with Crippen LogP contribution in [-0.4, -0.2) is 42.8 Å². The molecule has 1 aromatic rings. The van der Waals surface area contributed by atoms with E-state index in [1.807, 2.05) is 12.4 Å². The summed E-state index contributed by atoms with van der Waals surface area (Å²) in [7, 11) is 1.71. The number of nitrogens with one attached hydrogen (secondary N) is 1. The second-order valence-electron chi connectivity index (χ2n) is 4.85. The third kappa shape index (κ3) is 5.53. The van der Waals surface area contributed by atoms with Gasteiger partial charge in [0.25, 0.3) is 0 Å². The topological polar surface area (TPSA) is 50.3 Å². The van der Waals surface area contributed by atoms with Crippen molar-refractivity contribution in [3.63, 3.8) is 0 Å². The van der Waals surface area contributed by atoms with Crippen molar-refractivity contribution in [3.05, 3.63) is 18.0 Å². The molecule has 0 aliphatic heterocycles. The maximum atomic E-state index is 5.13. The van der Waals surface area contributed by atoms with Crippen molar-refractivity contribution in [3.8, 4) is 0 Å². The zero-order chi connectivity index (χ0) is 14.1. The maximum absolute atomic E-state index is 5.13. The van der Waals surface area contributed by atoms with Gasteiger partial charge in [0, 0.05) is 44.2 Å². The maximum Gasteiger partial charge on any atom is 0.225 e. The summed E-state index contributed by atoms with van der Waals surface area (Å²) in [5, 5.41) is 3.34. The van der Waals surface area contributed by atoms with Crippen LogP contribution in [0.3, 0.4) is 0 Å². The van der Waals surface area contributed by atoms with Crippen LogP contribution in [0.2, 0.25) is 0 Å². The Morgan fingerprint density at radius 1 is 1.32 bits per heavy atom. The molecule has 1 aromatic heterocycles. The van der Waals surface area contributed by atoms with Crippen LogP contribution in [0.15, 0.2) is 12.4 Å². The SMILES string of the molecule is CCCNCc1cnc(N(CCOC)C(C)C)nc1. The highest BCUT2D eigenvalue weighted by Crippen LogP contribution is 2.10. The number of anilines is 1. The highest BCUT2D eigenvalue weighted by Gasteiger charge is 2.12. The van der Waals surface area contributed by atoms with Crippen LogP contribution in [0.5, 0.6) is 0 Å². The normalized spacial score (nSPS) is 11.0. The van der Waals surface area contributed by atoms with E-state index < -0.39 is 0 Å². The second-order valence-corrected chi connectivity index (χ2v) is 4.85. The molecule has 0 spiro atoms. The predicted molar refractivity (Wildman–Crippen MR) is 78.4 cm³/mol. The van der Waals surface area contributed by atoms with Gasteiger partial charge < -0.3 is 15.0 Å². The zero-order valence-electron chi connectivity index (χ0n) is 12.5. The minimum absolute atomic E-state index is 0.360. The lowest BCUT2D eigenvalue weighted by Gasteiger charge is -2.26. The van der Waals surface area contributed by atoms with Crippen molar-refractivity contribution < 1.29 is 4.74 Å². The second kappa shape index (κ2) is 8.82. The molecule has 0 fully saturated rings. The lowest BCUT2D eigenvalue weighted by atomic mass is 10.3. The Kier molecular flexibility index (Phi) is 7.36. The molecule has 0 aliphatic rings. The monoisotopic (exact) mass is 266 g/mol. The molecule has 0 aromatic carbocycles. The number of hydrogen-bond donors (Lipinski definition) is 1. The standard InChI is InChI=1S/C14H26N4O/c1-5-6-15-9-13-10-16-14(17-11-13)18(12(2)3)7-8-19-4/h10-12,15H,5-9H2,1-4H3. The molecule has 0 unspecified atom stereocenters. The van der Waals surface area contributed by atoms with E-state index >= 15 is 0 Å². The van der Waals surface area contributed by atoms with Crippen LogP contribution >= 0.6 is 0 Å². The van der Waals surface area contributed by atoms with E-state index in [0.29, 0.717) is 12.6 Å². The van der Waals surface area contributed by atoms with Crippen molar-refractivity contribution >= 4 is 5.95 Å². The predicted octanol–water partition coefficient (Wildman–Crippen LogP) is 1.84. The molecule has 0 radical (unpaired) electrons. The summed E-state index contributed by atoms with van der Waals surface area (Å²) in [5.74, 6) is 0.770. The Labute approximate surface area is 116 Å². The van der Waals surface area contributed by atoms with Crippen LogP contribution in [0.1, 0.15) is 32.8 Å². The van der Waals surface area contributed by atoms with E-state index in [9.17, 15) is 0 Å². The fraction of sp³-hybridized carbons (Fsp3) is 0.714. The third-order valence-electron chi connectivity index (χ3n) is 2.86. The van der Waals surface area contributed by atoms with Crippen LogP contribution in [-0.2, 0) is 11.3 Å². The average molecular weight is 266 g/mol. The molecule has 5 nitrogen and oxygen atoms in total. The number of hydrogen-bond acceptors (Lipinski definition) is 5. The van der Waals surface area contributed by atoms with Gasteiger partial charge in [-0.1, -0.05) is 6.92 Å². The highest BCUT2D eigenvalue weighted by atomic mass is 16.5. The molecule has 0 aliphatic carbocycles. The number of aromatic nitrogens is 2. The number of rotatable bonds is 9. The first kappa shape index (κ1) is 15.9. The van der Waals surface area contributed by atoms with Crippen molar-refractivity contribution in [2.24, 2.45) is 0 Å². The molecule has 19 heavy (non-hydrogen) atoms.